The summed E-state index contributed by atoms with van der Waals surface area (Å²) in [6.45, 7) is 11.3. The van der Waals surface area contributed by atoms with Gasteiger partial charge in [0.15, 0.2) is 0 Å². The molecule has 0 unspecified atom stereocenters. The van der Waals surface area contributed by atoms with Gasteiger partial charge in [0.1, 0.15) is 0 Å². The molecule has 4 nitrogen and oxygen atoms in total. The molecule has 0 amide bonds. The topological polar surface area (TPSA) is 45.5 Å². The lowest BCUT2D eigenvalue weighted by atomic mass is 9.79. The molecule has 0 N–H and O–H groups in total. The van der Waals surface area contributed by atoms with E-state index < -0.39 is 0 Å². The number of hydrogen-bond acceptors (Lipinski definition) is 4. The molecule has 0 spiro atoms. The lowest BCUT2D eigenvalue weighted by molar-refractivity contribution is 0.00578. The van der Waals surface area contributed by atoms with E-state index in [1.165, 1.54) is 5.56 Å². The van der Waals surface area contributed by atoms with Crippen LogP contribution in [0.5, 0.6) is 0 Å². The number of nitriles is 1. The third-order valence-electron chi connectivity index (χ3n) is 5.68. The first-order chi connectivity index (χ1) is 11.3. The molecule has 0 atom stereocenters. The molecule has 2 aliphatic rings. The number of hydrogen-bond donors (Lipinski definition) is 0. The minimum atomic E-state index is -0.304. The van der Waals surface area contributed by atoms with Gasteiger partial charge in [0.05, 0.1) is 17.3 Å². The Morgan fingerprint density at radius 3 is 2.12 bits per heavy atom. The van der Waals surface area contributed by atoms with Crippen molar-refractivity contribution in [2.45, 2.75) is 58.3 Å². The van der Waals surface area contributed by atoms with Gasteiger partial charge in [-0.3, -0.25) is 4.90 Å². The van der Waals surface area contributed by atoms with Crippen LogP contribution in [0, 0.1) is 17.2 Å². The minimum Gasteiger partial charge on any atom is -0.399 e. The van der Waals surface area contributed by atoms with Gasteiger partial charge >= 0.3 is 7.12 Å². The standard InChI is InChI=1S/C19H27BN2O2/c1-18(2)19(3,4)24-20(23-18)17-7-5-16(6-8-17)14-22-11-9-15(13-21)10-12-22/h5-8,15H,9-12,14H2,1-4H3. The zero-order chi connectivity index (χ0) is 17.4. The third-order valence-corrected chi connectivity index (χ3v) is 5.68. The molecule has 0 bridgehead atoms. The summed E-state index contributed by atoms with van der Waals surface area (Å²) >= 11 is 0. The van der Waals surface area contributed by atoms with Gasteiger partial charge in [-0.2, -0.15) is 5.26 Å². The maximum absolute atomic E-state index is 8.98. The van der Waals surface area contributed by atoms with Crippen LogP contribution in [0.2, 0.25) is 0 Å². The van der Waals surface area contributed by atoms with Crippen molar-refractivity contribution in [3.8, 4) is 6.07 Å². The van der Waals surface area contributed by atoms with Gasteiger partial charge in [0.2, 0.25) is 0 Å². The fourth-order valence-corrected chi connectivity index (χ4v) is 3.24. The highest BCUT2D eigenvalue weighted by Crippen LogP contribution is 2.36. The van der Waals surface area contributed by atoms with E-state index in [1.807, 2.05) is 0 Å². The van der Waals surface area contributed by atoms with E-state index in [-0.39, 0.29) is 24.2 Å². The molecule has 5 heteroatoms. The molecule has 24 heavy (non-hydrogen) atoms. The normalized spacial score (nSPS) is 24.0. The van der Waals surface area contributed by atoms with Crippen LogP contribution in [0.15, 0.2) is 24.3 Å². The Kier molecular flexibility index (Phi) is 4.74. The quantitative estimate of drug-likeness (QED) is 0.801. The summed E-state index contributed by atoms with van der Waals surface area (Å²) in [7, 11) is -0.296. The van der Waals surface area contributed by atoms with Gasteiger partial charge in [0, 0.05) is 12.5 Å². The van der Waals surface area contributed by atoms with Gasteiger partial charge in [-0.1, -0.05) is 24.3 Å². The summed E-state index contributed by atoms with van der Waals surface area (Å²) < 4.78 is 12.2. The number of benzene rings is 1. The molecule has 128 valence electrons. The van der Waals surface area contributed by atoms with Crippen LogP contribution < -0.4 is 5.46 Å². The average molecular weight is 326 g/mol. The van der Waals surface area contributed by atoms with E-state index in [0.717, 1.165) is 37.9 Å². The molecule has 0 aliphatic carbocycles. The summed E-state index contributed by atoms with van der Waals surface area (Å²) in [5, 5.41) is 8.98. The van der Waals surface area contributed by atoms with Crippen LogP contribution in [-0.2, 0) is 15.9 Å². The van der Waals surface area contributed by atoms with Crippen molar-refractivity contribution in [1.82, 2.24) is 4.90 Å². The summed E-state index contributed by atoms with van der Waals surface area (Å²) in [4.78, 5) is 2.43. The number of piperidine rings is 1. The lowest BCUT2D eigenvalue weighted by Crippen LogP contribution is -2.41. The molecule has 2 fully saturated rings. The Morgan fingerprint density at radius 2 is 1.62 bits per heavy atom. The third kappa shape index (κ3) is 3.51. The fraction of sp³-hybridized carbons (Fsp3) is 0.632. The average Bonchev–Trinajstić information content (AvgIpc) is 2.77. The molecular formula is C19H27BN2O2. The minimum absolute atomic E-state index is 0.243. The largest absolute Gasteiger partial charge is 0.494 e. The van der Waals surface area contributed by atoms with Crippen molar-refractivity contribution >= 4 is 12.6 Å². The summed E-state index contributed by atoms with van der Waals surface area (Å²) in [5.41, 5.74) is 1.76. The van der Waals surface area contributed by atoms with E-state index >= 15 is 0 Å². The molecule has 0 radical (unpaired) electrons. The molecule has 1 aromatic rings. The number of likely N-dealkylation sites (tertiary alicyclic amines) is 1. The first-order valence-electron chi connectivity index (χ1n) is 8.87. The van der Waals surface area contributed by atoms with Gasteiger partial charge < -0.3 is 9.31 Å². The molecule has 2 saturated heterocycles. The summed E-state index contributed by atoms with van der Waals surface area (Å²) in [6.07, 6.45) is 1.98. The van der Waals surface area contributed by atoms with Crippen LogP contribution in [0.1, 0.15) is 46.1 Å². The Bertz CT molecular complexity index is 597. The Morgan fingerprint density at radius 1 is 1.08 bits per heavy atom. The highest BCUT2D eigenvalue weighted by molar-refractivity contribution is 6.62. The molecule has 3 rings (SSSR count). The van der Waals surface area contributed by atoms with Crippen LogP contribution in [0.4, 0.5) is 0 Å². The lowest BCUT2D eigenvalue weighted by Gasteiger charge is -2.32. The highest BCUT2D eigenvalue weighted by atomic mass is 16.7. The van der Waals surface area contributed by atoms with Crippen molar-refractivity contribution in [3.05, 3.63) is 29.8 Å². The predicted molar refractivity (Wildman–Crippen MR) is 95.8 cm³/mol. The number of nitrogens with zero attached hydrogens (tertiary/aromatic N) is 2. The van der Waals surface area contributed by atoms with Gasteiger partial charge in [0.25, 0.3) is 0 Å². The summed E-state index contributed by atoms with van der Waals surface area (Å²) in [5.74, 6) is 0.243. The van der Waals surface area contributed by atoms with Crippen LogP contribution in [-0.4, -0.2) is 36.3 Å². The highest BCUT2D eigenvalue weighted by Gasteiger charge is 2.51. The predicted octanol–water partition coefficient (Wildman–Crippen LogP) is 2.72. The van der Waals surface area contributed by atoms with Crippen molar-refractivity contribution in [3.63, 3.8) is 0 Å². The molecule has 0 saturated carbocycles. The fourth-order valence-electron chi connectivity index (χ4n) is 3.24. The molecular weight excluding hydrogens is 299 g/mol. The van der Waals surface area contributed by atoms with Crippen molar-refractivity contribution < 1.29 is 9.31 Å². The summed E-state index contributed by atoms with van der Waals surface area (Å²) in [6, 6.07) is 10.9. The van der Waals surface area contributed by atoms with E-state index in [0.29, 0.717) is 0 Å². The van der Waals surface area contributed by atoms with Gasteiger partial charge in [-0.05, 0) is 64.7 Å². The number of rotatable bonds is 3. The maximum atomic E-state index is 8.98. The van der Waals surface area contributed by atoms with Crippen molar-refractivity contribution in [1.29, 1.82) is 5.26 Å². The zero-order valence-corrected chi connectivity index (χ0v) is 15.2. The second-order valence-corrected chi connectivity index (χ2v) is 8.01. The van der Waals surface area contributed by atoms with E-state index in [1.54, 1.807) is 0 Å². The van der Waals surface area contributed by atoms with E-state index in [9.17, 15) is 0 Å². The molecule has 1 aromatic carbocycles. The monoisotopic (exact) mass is 326 g/mol. The molecule has 0 aromatic heterocycles. The first-order valence-corrected chi connectivity index (χ1v) is 8.87. The first kappa shape index (κ1) is 17.5. The second kappa shape index (κ2) is 6.52. The zero-order valence-electron chi connectivity index (χ0n) is 15.2. The van der Waals surface area contributed by atoms with Gasteiger partial charge in [-0.25, -0.2) is 0 Å². The molecule has 2 aliphatic heterocycles. The Labute approximate surface area is 145 Å². The second-order valence-electron chi connectivity index (χ2n) is 8.01. The Balaban J connectivity index is 1.60. The SMILES string of the molecule is CC1(C)OB(c2ccc(CN3CCC(C#N)CC3)cc2)OC1(C)C. The van der Waals surface area contributed by atoms with Gasteiger partial charge in [-0.15, -0.1) is 0 Å². The van der Waals surface area contributed by atoms with Crippen molar-refractivity contribution in [2.24, 2.45) is 5.92 Å². The van der Waals surface area contributed by atoms with Crippen molar-refractivity contribution in [2.75, 3.05) is 13.1 Å². The van der Waals surface area contributed by atoms with E-state index in [2.05, 4.69) is 62.9 Å². The van der Waals surface area contributed by atoms with Crippen LogP contribution >= 0.6 is 0 Å². The Hall–Kier alpha value is -1.35. The van der Waals surface area contributed by atoms with E-state index in [4.69, 9.17) is 14.6 Å². The van der Waals surface area contributed by atoms with Crippen LogP contribution in [0.25, 0.3) is 0 Å². The van der Waals surface area contributed by atoms with Crippen LogP contribution in [0.3, 0.4) is 0 Å². The maximum Gasteiger partial charge on any atom is 0.494 e. The molecule has 2 heterocycles. The smallest absolute Gasteiger partial charge is 0.399 e.